The maximum atomic E-state index is 12.1. The highest BCUT2D eigenvalue weighted by molar-refractivity contribution is 6.09. The van der Waals surface area contributed by atoms with Gasteiger partial charge in [0.15, 0.2) is 5.76 Å². The van der Waals surface area contributed by atoms with Gasteiger partial charge in [-0.25, -0.2) is 0 Å². The Labute approximate surface area is 94.7 Å². The molecular weight excluding hydrogens is 204 g/mol. The Morgan fingerprint density at radius 1 is 1.44 bits per heavy atom. The van der Waals surface area contributed by atoms with Crippen molar-refractivity contribution in [3.05, 3.63) is 41.2 Å². The van der Waals surface area contributed by atoms with Gasteiger partial charge >= 0.3 is 0 Å². The van der Waals surface area contributed by atoms with Gasteiger partial charge < -0.3 is 9.47 Å². The molecule has 0 atom stereocenters. The smallest absolute Gasteiger partial charge is 0.230 e. The Morgan fingerprint density at radius 2 is 2.25 bits per heavy atom. The summed E-state index contributed by atoms with van der Waals surface area (Å²) < 4.78 is 10.4. The second-order valence-electron chi connectivity index (χ2n) is 3.74. The lowest BCUT2D eigenvalue weighted by molar-refractivity contribution is 0.0939. The van der Waals surface area contributed by atoms with Gasteiger partial charge in [-0.05, 0) is 25.1 Å². The topological polar surface area (TPSA) is 35.5 Å². The van der Waals surface area contributed by atoms with Crippen molar-refractivity contribution >= 4 is 5.78 Å². The summed E-state index contributed by atoms with van der Waals surface area (Å²) in [5.74, 6) is 0.925. The van der Waals surface area contributed by atoms with Gasteiger partial charge in [0.25, 0.3) is 0 Å². The van der Waals surface area contributed by atoms with Crippen LogP contribution in [-0.2, 0) is 4.74 Å². The Kier molecular flexibility index (Phi) is 2.95. The van der Waals surface area contributed by atoms with Crippen LogP contribution in [0.25, 0.3) is 0 Å². The molecule has 0 N–H and O–H groups in total. The molecule has 1 aromatic rings. The van der Waals surface area contributed by atoms with E-state index >= 15 is 0 Å². The van der Waals surface area contributed by atoms with Crippen LogP contribution in [0.5, 0.6) is 5.75 Å². The second-order valence-corrected chi connectivity index (χ2v) is 3.74. The van der Waals surface area contributed by atoms with Gasteiger partial charge in [-0.15, -0.1) is 0 Å². The molecular formula is C13H14O3. The summed E-state index contributed by atoms with van der Waals surface area (Å²) >= 11 is 0. The van der Waals surface area contributed by atoms with Crippen LogP contribution >= 0.6 is 0 Å². The number of Topliss-reactive ketones (excluding diaryl/α,β-unsaturated/α-hetero) is 1. The molecule has 2 rings (SSSR count). The number of hydrogen-bond acceptors (Lipinski definition) is 3. The van der Waals surface area contributed by atoms with Crippen LogP contribution in [0.1, 0.15) is 22.3 Å². The zero-order valence-corrected chi connectivity index (χ0v) is 9.45. The van der Waals surface area contributed by atoms with E-state index in [1.54, 1.807) is 13.2 Å². The number of aryl methyl sites for hydroxylation is 1. The molecule has 16 heavy (non-hydrogen) atoms. The van der Waals surface area contributed by atoms with Crippen molar-refractivity contribution in [2.75, 3.05) is 13.7 Å². The summed E-state index contributed by atoms with van der Waals surface area (Å²) in [5.41, 5.74) is 1.60. The molecule has 1 heterocycles. The Hall–Kier alpha value is -1.77. The normalized spacial score (nSPS) is 14.2. The van der Waals surface area contributed by atoms with E-state index in [1.165, 1.54) is 0 Å². The standard InChI is InChI=1S/C13H14O3/c1-9-5-6-11(15-2)10(8-9)13(14)12-4-3-7-16-12/h4-6,8H,3,7H2,1-2H3. The summed E-state index contributed by atoms with van der Waals surface area (Å²) in [6.45, 7) is 2.54. The average molecular weight is 218 g/mol. The Morgan fingerprint density at radius 3 is 2.88 bits per heavy atom. The van der Waals surface area contributed by atoms with E-state index in [0.717, 1.165) is 12.0 Å². The average Bonchev–Trinajstić information content (AvgIpc) is 2.81. The highest BCUT2D eigenvalue weighted by Gasteiger charge is 2.20. The monoisotopic (exact) mass is 218 g/mol. The first kappa shape index (κ1) is 10.7. The van der Waals surface area contributed by atoms with E-state index in [-0.39, 0.29) is 5.78 Å². The SMILES string of the molecule is COc1ccc(C)cc1C(=O)C1=CCCO1. The zero-order valence-electron chi connectivity index (χ0n) is 9.45. The molecule has 1 aliphatic heterocycles. The van der Waals surface area contributed by atoms with Gasteiger partial charge in [0, 0.05) is 6.42 Å². The van der Waals surface area contributed by atoms with Crippen LogP contribution in [0.2, 0.25) is 0 Å². The van der Waals surface area contributed by atoms with Gasteiger partial charge in [0.2, 0.25) is 5.78 Å². The van der Waals surface area contributed by atoms with Gasteiger partial charge in [0.1, 0.15) is 5.75 Å². The third-order valence-corrected chi connectivity index (χ3v) is 2.53. The number of carbonyl (C=O) groups is 1. The number of carbonyl (C=O) groups excluding carboxylic acids is 1. The number of ether oxygens (including phenoxy) is 2. The van der Waals surface area contributed by atoms with Crippen molar-refractivity contribution in [1.29, 1.82) is 0 Å². The summed E-state index contributed by atoms with van der Waals surface area (Å²) in [4.78, 5) is 12.1. The van der Waals surface area contributed by atoms with E-state index in [9.17, 15) is 4.79 Å². The van der Waals surface area contributed by atoms with Crippen molar-refractivity contribution in [3.63, 3.8) is 0 Å². The fourth-order valence-electron chi connectivity index (χ4n) is 1.71. The van der Waals surface area contributed by atoms with E-state index in [1.807, 2.05) is 25.1 Å². The quantitative estimate of drug-likeness (QED) is 0.731. The lowest BCUT2D eigenvalue weighted by atomic mass is 10.1. The van der Waals surface area contributed by atoms with Gasteiger partial charge in [0.05, 0.1) is 19.3 Å². The summed E-state index contributed by atoms with van der Waals surface area (Å²) in [6, 6.07) is 5.54. The van der Waals surface area contributed by atoms with Crippen LogP contribution in [0, 0.1) is 6.92 Å². The van der Waals surface area contributed by atoms with E-state index in [4.69, 9.17) is 9.47 Å². The highest BCUT2D eigenvalue weighted by atomic mass is 16.5. The number of methoxy groups -OCH3 is 1. The predicted octanol–water partition coefficient (Wildman–Crippen LogP) is 2.49. The number of rotatable bonds is 3. The lowest BCUT2D eigenvalue weighted by Crippen LogP contribution is -2.06. The van der Waals surface area contributed by atoms with Crippen molar-refractivity contribution in [2.45, 2.75) is 13.3 Å². The van der Waals surface area contributed by atoms with Gasteiger partial charge in [-0.3, -0.25) is 4.79 Å². The molecule has 84 valence electrons. The van der Waals surface area contributed by atoms with Crippen molar-refractivity contribution < 1.29 is 14.3 Å². The third kappa shape index (κ3) is 1.94. The van der Waals surface area contributed by atoms with Crippen LogP contribution in [-0.4, -0.2) is 19.5 Å². The zero-order chi connectivity index (χ0) is 11.5. The van der Waals surface area contributed by atoms with Gasteiger partial charge in [-0.2, -0.15) is 0 Å². The molecule has 0 aromatic heterocycles. The predicted molar refractivity (Wildman–Crippen MR) is 60.7 cm³/mol. The van der Waals surface area contributed by atoms with Crippen molar-refractivity contribution in [3.8, 4) is 5.75 Å². The number of benzene rings is 1. The minimum Gasteiger partial charge on any atom is -0.496 e. The molecule has 0 spiro atoms. The summed E-state index contributed by atoms with van der Waals surface area (Å²) in [7, 11) is 1.56. The molecule has 3 heteroatoms. The molecule has 0 amide bonds. The molecule has 0 unspecified atom stereocenters. The van der Waals surface area contributed by atoms with Gasteiger partial charge in [-0.1, -0.05) is 11.6 Å². The fourth-order valence-corrected chi connectivity index (χ4v) is 1.71. The number of ketones is 1. The van der Waals surface area contributed by atoms with E-state index in [0.29, 0.717) is 23.7 Å². The molecule has 0 saturated heterocycles. The van der Waals surface area contributed by atoms with Crippen LogP contribution in [0.15, 0.2) is 30.0 Å². The first-order valence-electron chi connectivity index (χ1n) is 5.24. The number of allylic oxidation sites excluding steroid dienone is 1. The van der Waals surface area contributed by atoms with Crippen LogP contribution < -0.4 is 4.74 Å². The second kappa shape index (κ2) is 4.39. The minimum absolute atomic E-state index is 0.0990. The molecule has 0 aliphatic carbocycles. The maximum Gasteiger partial charge on any atom is 0.230 e. The van der Waals surface area contributed by atoms with E-state index < -0.39 is 0 Å². The molecule has 3 nitrogen and oxygen atoms in total. The summed E-state index contributed by atoms with van der Waals surface area (Å²) in [6.07, 6.45) is 2.62. The Balaban J connectivity index is 2.38. The van der Waals surface area contributed by atoms with Crippen molar-refractivity contribution in [1.82, 2.24) is 0 Å². The molecule has 1 aliphatic rings. The van der Waals surface area contributed by atoms with Crippen LogP contribution in [0.4, 0.5) is 0 Å². The van der Waals surface area contributed by atoms with Crippen LogP contribution in [0.3, 0.4) is 0 Å². The first-order valence-corrected chi connectivity index (χ1v) is 5.24. The highest BCUT2D eigenvalue weighted by Crippen LogP contribution is 2.24. The minimum atomic E-state index is -0.0990. The number of hydrogen-bond donors (Lipinski definition) is 0. The molecule has 0 saturated carbocycles. The molecule has 0 bridgehead atoms. The third-order valence-electron chi connectivity index (χ3n) is 2.53. The molecule has 1 aromatic carbocycles. The molecule has 0 radical (unpaired) electrons. The fraction of sp³-hybridized carbons (Fsp3) is 0.308. The lowest BCUT2D eigenvalue weighted by Gasteiger charge is -2.09. The maximum absolute atomic E-state index is 12.1. The largest absolute Gasteiger partial charge is 0.496 e. The summed E-state index contributed by atoms with van der Waals surface area (Å²) in [5, 5.41) is 0. The molecule has 0 fully saturated rings. The van der Waals surface area contributed by atoms with Crippen molar-refractivity contribution in [2.24, 2.45) is 0 Å². The first-order chi connectivity index (χ1) is 7.72. The Bertz CT molecular complexity index is 446. The van der Waals surface area contributed by atoms with E-state index in [2.05, 4.69) is 0 Å².